The molecule has 2 aliphatic heterocycles. The molecule has 162 valence electrons. The molecule has 5 rings (SSSR count). The van der Waals surface area contributed by atoms with Crippen molar-refractivity contribution in [3.05, 3.63) is 48.0 Å². The minimum atomic E-state index is -0.806. The molecule has 1 saturated carbocycles. The molecule has 6 heteroatoms. The number of nitrogens with zero attached hydrogens (tertiary/aromatic N) is 3. The molecule has 2 saturated heterocycles. The van der Waals surface area contributed by atoms with Crippen LogP contribution >= 0.6 is 0 Å². The van der Waals surface area contributed by atoms with Crippen molar-refractivity contribution >= 4 is 0 Å². The number of aryl methyl sites for hydroxylation is 1. The molecule has 1 aliphatic carbocycles. The Morgan fingerprint density at radius 2 is 2.03 bits per heavy atom. The summed E-state index contributed by atoms with van der Waals surface area (Å²) in [4.78, 5) is 7.04. The lowest BCUT2D eigenvalue weighted by Crippen LogP contribution is -2.58. The molecule has 2 bridgehead atoms. The van der Waals surface area contributed by atoms with Crippen molar-refractivity contribution < 1.29 is 14.6 Å². The van der Waals surface area contributed by atoms with Crippen LogP contribution in [0.25, 0.3) is 0 Å². The Balaban J connectivity index is 1.26. The number of benzene rings is 1. The standard InChI is InChI=1S/C24H33N3O3/c1-26-11-10-25-23(26)24(28)19-6-3-7-20(24)16-27(15-19)14-18-5-2-8-21(13-18)30-17-22-9-4-12-29-22/h2,5,8,10-11,13,19-20,22,28H,3-4,6-7,9,12,14-17H2,1H3. The molecule has 1 N–H and O–H groups in total. The second-order valence-electron chi connectivity index (χ2n) is 9.30. The first kappa shape index (κ1) is 20.0. The number of aromatic nitrogens is 2. The Labute approximate surface area is 178 Å². The van der Waals surface area contributed by atoms with Gasteiger partial charge in [-0.15, -0.1) is 0 Å². The highest BCUT2D eigenvalue weighted by molar-refractivity contribution is 5.29. The number of aliphatic hydroxyl groups is 1. The Morgan fingerprint density at radius 1 is 1.20 bits per heavy atom. The van der Waals surface area contributed by atoms with Gasteiger partial charge in [0, 0.05) is 57.5 Å². The van der Waals surface area contributed by atoms with Gasteiger partial charge in [-0.25, -0.2) is 4.98 Å². The Kier molecular flexibility index (Phi) is 5.56. The van der Waals surface area contributed by atoms with Gasteiger partial charge in [0.15, 0.2) is 0 Å². The number of imidazole rings is 1. The van der Waals surface area contributed by atoms with Crippen LogP contribution in [-0.2, 0) is 23.9 Å². The van der Waals surface area contributed by atoms with Crippen LogP contribution in [-0.4, -0.2) is 52.0 Å². The number of piperidine rings is 1. The van der Waals surface area contributed by atoms with Crippen LogP contribution in [0.15, 0.2) is 36.7 Å². The molecule has 0 amide bonds. The molecule has 3 atom stereocenters. The normalized spacial score (nSPS) is 31.7. The van der Waals surface area contributed by atoms with E-state index >= 15 is 0 Å². The first-order valence-electron chi connectivity index (χ1n) is 11.4. The third kappa shape index (κ3) is 3.77. The van der Waals surface area contributed by atoms with Crippen LogP contribution in [0.1, 0.15) is 43.5 Å². The Hall–Kier alpha value is -1.89. The third-order valence-electron chi connectivity index (χ3n) is 7.25. The number of hydrogen-bond acceptors (Lipinski definition) is 5. The molecule has 3 aliphatic rings. The van der Waals surface area contributed by atoms with E-state index in [9.17, 15) is 5.11 Å². The molecule has 0 radical (unpaired) electrons. The summed E-state index contributed by atoms with van der Waals surface area (Å²) in [5.41, 5.74) is 0.458. The first-order chi connectivity index (χ1) is 14.6. The molecule has 30 heavy (non-hydrogen) atoms. The van der Waals surface area contributed by atoms with E-state index in [1.165, 1.54) is 12.0 Å². The number of likely N-dealkylation sites (tertiary alicyclic amines) is 1. The predicted molar refractivity (Wildman–Crippen MR) is 114 cm³/mol. The fourth-order valence-corrected chi connectivity index (χ4v) is 5.75. The van der Waals surface area contributed by atoms with Gasteiger partial charge >= 0.3 is 0 Å². The average molecular weight is 412 g/mol. The van der Waals surface area contributed by atoms with E-state index in [0.717, 1.165) is 63.5 Å². The minimum Gasteiger partial charge on any atom is -0.491 e. The maximum Gasteiger partial charge on any atom is 0.141 e. The lowest BCUT2D eigenvalue weighted by Gasteiger charge is -2.52. The molecule has 1 aromatic carbocycles. The summed E-state index contributed by atoms with van der Waals surface area (Å²) in [6.07, 6.45) is 9.52. The highest BCUT2D eigenvalue weighted by atomic mass is 16.5. The van der Waals surface area contributed by atoms with Crippen molar-refractivity contribution in [2.24, 2.45) is 18.9 Å². The molecule has 1 aromatic heterocycles. The zero-order valence-electron chi connectivity index (χ0n) is 17.9. The van der Waals surface area contributed by atoms with E-state index in [-0.39, 0.29) is 17.9 Å². The molecule has 3 fully saturated rings. The summed E-state index contributed by atoms with van der Waals surface area (Å²) in [6, 6.07) is 8.44. The topological polar surface area (TPSA) is 59.8 Å². The molecule has 0 spiro atoms. The largest absolute Gasteiger partial charge is 0.491 e. The van der Waals surface area contributed by atoms with E-state index in [1.54, 1.807) is 6.20 Å². The van der Waals surface area contributed by atoms with Crippen molar-refractivity contribution in [1.82, 2.24) is 14.5 Å². The van der Waals surface area contributed by atoms with Crippen LogP contribution in [0.4, 0.5) is 0 Å². The van der Waals surface area contributed by atoms with Gasteiger partial charge < -0.3 is 19.1 Å². The fourth-order valence-electron chi connectivity index (χ4n) is 5.75. The average Bonchev–Trinajstić information content (AvgIpc) is 3.39. The van der Waals surface area contributed by atoms with Gasteiger partial charge in [-0.05, 0) is 43.4 Å². The molecule has 2 aromatic rings. The summed E-state index contributed by atoms with van der Waals surface area (Å²) < 4.78 is 13.7. The monoisotopic (exact) mass is 411 g/mol. The van der Waals surface area contributed by atoms with E-state index in [2.05, 4.69) is 28.1 Å². The zero-order valence-corrected chi connectivity index (χ0v) is 17.9. The minimum absolute atomic E-state index is 0.227. The predicted octanol–water partition coefficient (Wildman–Crippen LogP) is 3.10. The second kappa shape index (κ2) is 8.33. The number of hydrogen-bond donors (Lipinski definition) is 1. The SMILES string of the molecule is Cn1ccnc1C1(O)C2CCCC1CN(Cc1cccc(OCC3CCCO3)c1)C2. The second-order valence-corrected chi connectivity index (χ2v) is 9.30. The first-order valence-corrected chi connectivity index (χ1v) is 11.4. The number of rotatable bonds is 6. The van der Waals surface area contributed by atoms with E-state index in [4.69, 9.17) is 9.47 Å². The third-order valence-corrected chi connectivity index (χ3v) is 7.25. The van der Waals surface area contributed by atoms with Crippen molar-refractivity contribution in [3.63, 3.8) is 0 Å². The van der Waals surface area contributed by atoms with Crippen LogP contribution in [0, 0.1) is 11.8 Å². The molecular formula is C24H33N3O3. The smallest absolute Gasteiger partial charge is 0.141 e. The maximum atomic E-state index is 11.8. The fraction of sp³-hybridized carbons (Fsp3) is 0.625. The van der Waals surface area contributed by atoms with Crippen molar-refractivity contribution in [2.45, 2.75) is 50.4 Å². The van der Waals surface area contributed by atoms with Gasteiger partial charge in [0.25, 0.3) is 0 Å². The summed E-state index contributed by atoms with van der Waals surface area (Å²) in [7, 11) is 1.99. The van der Waals surface area contributed by atoms with Crippen molar-refractivity contribution in [1.29, 1.82) is 0 Å². The molecule has 6 nitrogen and oxygen atoms in total. The van der Waals surface area contributed by atoms with Gasteiger partial charge in [0.05, 0.1) is 6.10 Å². The number of fused-ring (bicyclic) bond motifs is 2. The van der Waals surface area contributed by atoms with Crippen LogP contribution < -0.4 is 4.74 Å². The highest BCUT2D eigenvalue weighted by Gasteiger charge is 2.53. The van der Waals surface area contributed by atoms with E-state index < -0.39 is 5.60 Å². The van der Waals surface area contributed by atoms with E-state index in [1.807, 2.05) is 23.9 Å². The molecule has 3 unspecified atom stereocenters. The highest BCUT2D eigenvalue weighted by Crippen LogP contribution is 2.48. The van der Waals surface area contributed by atoms with Crippen LogP contribution in [0.2, 0.25) is 0 Å². The van der Waals surface area contributed by atoms with Crippen LogP contribution in [0.3, 0.4) is 0 Å². The van der Waals surface area contributed by atoms with Crippen molar-refractivity contribution in [3.8, 4) is 5.75 Å². The zero-order chi connectivity index (χ0) is 20.6. The lowest BCUT2D eigenvalue weighted by molar-refractivity contribution is -0.155. The van der Waals surface area contributed by atoms with Gasteiger partial charge in [0.1, 0.15) is 23.8 Å². The quantitative estimate of drug-likeness (QED) is 0.792. The Bertz CT molecular complexity index is 847. The summed E-state index contributed by atoms with van der Waals surface area (Å²) >= 11 is 0. The Morgan fingerprint density at radius 3 is 2.73 bits per heavy atom. The molecule has 3 heterocycles. The lowest BCUT2D eigenvalue weighted by atomic mass is 9.65. The van der Waals surface area contributed by atoms with Gasteiger partial charge in [-0.2, -0.15) is 0 Å². The van der Waals surface area contributed by atoms with Crippen molar-refractivity contribution in [2.75, 3.05) is 26.3 Å². The van der Waals surface area contributed by atoms with E-state index in [0.29, 0.717) is 6.61 Å². The number of ether oxygens (including phenoxy) is 2. The van der Waals surface area contributed by atoms with Gasteiger partial charge in [-0.1, -0.05) is 18.6 Å². The van der Waals surface area contributed by atoms with Crippen LogP contribution in [0.5, 0.6) is 5.75 Å². The molecular weight excluding hydrogens is 378 g/mol. The summed E-state index contributed by atoms with van der Waals surface area (Å²) in [5.74, 6) is 2.21. The summed E-state index contributed by atoms with van der Waals surface area (Å²) in [6.45, 7) is 4.19. The maximum absolute atomic E-state index is 11.8. The van der Waals surface area contributed by atoms with Gasteiger partial charge in [0.2, 0.25) is 0 Å². The summed E-state index contributed by atoms with van der Waals surface area (Å²) in [5, 5.41) is 11.8. The van der Waals surface area contributed by atoms with Gasteiger partial charge in [-0.3, -0.25) is 4.90 Å².